The number of nitrogens with one attached hydrogen (secondary N) is 1. The van der Waals surface area contributed by atoms with Crippen LogP contribution in [0, 0.1) is 11.6 Å². The van der Waals surface area contributed by atoms with Crippen LogP contribution in [0.4, 0.5) is 14.5 Å². The van der Waals surface area contributed by atoms with Crippen LogP contribution in [0.15, 0.2) is 66.7 Å². The van der Waals surface area contributed by atoms with Crippen LogP contribution in [0.5, 0.6) is 0 Å². The first kappa shape index (κ1) is 26.9. The van der Waals surface area contributed by atoms with Crippen molar-refractivity contribution >= 4 is 28.6 Å². The maximum absolute atomic E-state index is 14.0. The topological polar surface area (TPSA) is 81.2 Å². The molecule has 4 aromatic rings. The lowest BCUT2D eigenvalue weighted by Gasteiger charge is -2.19. The number of fused-ring (bicyclic) bond motifs is 1. The number of unbranched alkanes of at least 4 members (excludes halogenated alkanes) is 1. The van der Waals surface area contributed by atoms with Crippen molar-refractivity contribution in [1.29, 1.82) is 0 Å². The van der Waals surface area contributed by atoms with Crippen molar-refractivity contribution in [3.8, 4) is 11.3 Å². The van der Waals surface area contributed by atoms with E-state index in [0.29, 0.717) is 52.8 Å². The first-order valence-electron chi connectivity index (χ1n) is 12.4. The summed E-state index contributed by atoms with van der Waals surface area (Å²) in [5.74, 6) is -1.61. The van der Waals surface area contributed by atoms with Crippen LogP contribution in [0.2, 0.25) is 0 Å². The third-order valence-corrected chi connectivity index (χ3v) is 5.70. The molecule has 0 aliphatic carbocycles. The van der Waals surface area contributed by atoms with Gasteiger partial charge in [0.05, 0.1) is 28.1 Å². The molecule has 1 amide bonds. The molecule has 1 aromatic heterocycles. The number of para-hydroxylation sites is 1. The van der Waals surface area contributed by atoms with Gasteiger partial charge in [-0.2, -0.15) is 0 Å². The maximum Gasteiger partial charge on any atom is 0.306 e. The minimum absolute atomic E-state index is 0.0843. The van der Waals surface area contributed by atoms with E-state index < -0.39 is 17.3 Å². The van der Waals surface area contributed by atoms with Crippen LogP contribution in [0.1, 0.15) is 56.1 Å². The summed E-state index contributed by atoms with van der Waals surface area (Å²) >= 11 is 0. The fourth-order valence-corrected chi connectivity index (χ4v) is 3.96. The van der Waals surface area contributed by atoms with Gasteiger partial charge in [-0.25, -0.2) is 18.7 Å². The van der Waals surface area contributed by atoms with Gasteiger partial charge < -0.3 is 10.1 Å². The van der Waals surface area contributed by atoms with E-state index >= 15 is 0 Å². The zero-order chi connectivity index (χ0) is 27.3. The molecule has 0 aliphatic heterocycles. The Labute approximate surface area is 220 Å². The Hall–Kier alpha value is -4.20. The highest BCUT2D eigenvalue weighted by Crippen LogP contribution is 2.26. The first-order valence-corrected chi connectivity index (χ1v) is 12.4. The van der Waals surface area contributed by atoms with Crippen molar-refractivity contribution in [2.24, 2.45) is 0 Å². The third-order valence-electron chi connectivity index (χ3n) is 5.70. The Balaban J connectivity index is 1.59. The highest BCUT2D eigenvalue weighted by atomic mass is 19.1. The second kappa shape index (κ2) is 11.5. The molecule has 0 unspecified atom stereocenters. The maximum atomic E-state index is 14.0. The largest absolute Gasteiger partial charge is 0.460 e. The smallest absolute Gasteiger partial charge is 0.306 e. The highest BCUT2D eigenvalue weighted by Gasteiger charge is 2.17. The average Bonchev–Trinajstić information content (AvgIpc) is 2.86. The number of hydrogen-bond donors (Lipinski definition) is 1. The normalized spacial score (nSPS) is 11.4. The van der Waals surface area contributed by atoms with Crippen LogP contribution in [0.25, 0.3) is 22.3 Å². The van der Waals surface area contributed by atoms with Crippen LogP contribution < -0.4 is 5.32 Å². The molecule has 4 rings (SSSR count). The summed E-state index contributed by atoms with van der Waals surface area (Å²) in [7, 11) is 0. The number of nitrogens with zero attached hydrogens (tertiary/aromatic N) is 2. The summed E-state index contributed by atoms with van der Waals surface area (Å²) in [6.07, 6.45) is 2.05. The fourth-order valence-electron chi connectivity index (χ4n) is 3.96. The Kier molecular flexibility index (Phi) is 8.10. The van der Waals surface area contributed by atoms with Gasteiger partial charge in [0.25, 0.3) is 5.91 Å². The van der Waals surface area contributed by atoms with Crippen LogP contribution in [-0.2, 0) is 16.0 Å². The van der Waals surface area contributed by atoms with Gasteiger partial charge in [0.2, 0.25) is 0 Å². The molecule has 0 spiro atoms. The van der Waals surface area contributed by atoms with E-state index in [2.05, 4.69) is 5.32 Å². The van der Waals surface area contributed by atoms with E-state index in [1.165, 1.54) is 24.3 Å². The number of halogens is 2. The van der Waals surface area contributed by atoms with Crippen molar-refractivity contribution < 1.29 is 23.1 Å². The second-order valence-corrected chi connectivity index (χ2v) is 9.96. The lowest BCUT2D eigenvalue weighted by atomic mass is 10.0. The summed E-state index contributed by atoms with van der Waals surface area (Å²) in [4.78, 5) is 34.4. The molecule has 0 saturated carbocycles. The van der Waals surface area contributed by atoms with Gasteiger partial charge in [0.15, 0.2) is 0 Å². The number of esters is 1. The lowest BCUT2D eigenvalue weighted by molar-refractivity contribution is -0.154. The Bertz CT molecular complexity index is 1460. The van der Waals surface area contributed by atoms with Crippen molar-refractivity contribution in [3.05, 3.63) is 89.6 Å². The quantitative estimate of drug-likeness (QED) is 0.204. The Morgan fingerprint density at radius 1 is 0.895 bits per heavy atom. The minimum atomic E-state index is -0.535. The van der Waals surface area contributed by atoms with Crippen molar-refractivity contribution in [1.82, 2.24) is 9.97 Å². The van der Waals surface area contributed by atoms with E-state index in [4.69, 9.17) is 14.7 Å². The molecule has 3 aromatic carbocycles. The van der Waals surface area contributed by atoms with E-state index in [1.54, 1.807) is 42.5 Å². The van der Waals surface area contributed by atoms with Gasteiger partial charge in [-0.05, 0) is 94.6 Å². The second-order valence-electron chi connectivity index (χ2n) is 9.96. The number of aryl methyl sites for hydroxylation is 1. The van der Waals surface area contributed by atoms with Crippen LogP contribution in [0.3, 0.4) is 0 Å². The van der Waals surface area contributed by atoms with E-state index in [9.17, 15) is 18.4 Å². The number of aromatic nitrogens is 2. The first-order chi connectivity index (χ1) is 18.1. The molecule has 1 heterocycles. The summed E-state index contributed by atoms with van der Waals surface area (Å²) < 4.78 is 32.9. The van der Waals surface area contributed by atoms with Gasteiger partial charge in [0, 0.05) is 17.5 Å². The molecule has 8 heteroatoms. The number of anilines is 1. The SMILES string of the molecule is CC(C)(C)OC(=O)CCCCc1nc2cc(C(=O)Nc3ccccc3F)ccc2nc1-c1ccc(F)cc1. The summed E-state index contributed by atoms with van der Waals surface area (Å²) in [6.45, 7) is 5.49. The predicted octanol–water partition coefficient (Wildman–Crippen LogP) is 6.88. The molecule has 0 radical (unpaired) electrons. The molecule has 1 N–H and O–H groups in total. The monoisotopic (exact) mass is 517 g/mol. The number of carbonyl (C=O) groups is 2. The number of amides is 1. The van der Waals surface area contributed by atoms with Gasteiger partial charge in [-0.1, -0.05) is 12.1 Å². The number of benzene rings is 3. The van der Waals surface area contributed by atoms with Gasteiger partial charge in [0.1, 0.15) is 17.2 Å². The van der Waals surface area contributed by atoms with Crippen molar-refractivity contribution in [3.63, 3.8) is 0 Å². The van der Waals surface area contributed by atoms with Crippen molar-refractivity contribution in [2.45, 2.75) is 52.1 Å². The Morgan fingerprint density at radius 3 is 2.34 bits per heavy atom. The molecule has 38 heavy (non-hydrogen) atoms. The van der Waals surface area contributed by atoms with Gasteiger partial charge >= 0.3 is 5.97 Å². The molecular formula is C30H29F2N3O3. The Morgan fingerprint density at radius 2 is 1.63 bits per heavy atom. The molecule has 0 atom stereocenters. The molecule has 0 aliphatic rings. The molecule has 0 saturated heterocycles. The van der Waals surface area contributed by atoms with E-state index in [-0.39, 0.29) is 23.9 Å². The van der Waals surface area contributed by atoms with Gasteiger partial charge in [-0.15, -0.1) is 0 Å². The molecular weight excluding hydrogens is 488 g/mol. The van der Waals surface area contributed by atoms with E-state index in [1.807, 2.05) is 20.8 Å². The fraction of sp³-hybridized carbons (Fsp3) is 0.267. The average molecular weight is 518 g/mol. The summed E-state index contributed by atoms with van der Waals surface area (Å²) in [5.41, 5.74) is 2.90. The molecule has 0 bridgehead atoms. The predicted molar refractivity (Wildman–Crippen MR) is 143 cm³/mol. The molecule has 196 valence electrons. The van der Waals surface area contributed by atoms with Crippen LogP contribution >= 0.6 is 0 Å². The number of ether oxygens (including phenoxy) is 1. The summed E-state index contributed by atoms with van der Waals surface area (Å²) in [5, 5.41) is 2.58. The minimum Gasteiger partial charge on any atom is -0.460 e. The van der Waals surface area contributed by atoms with Crippen molar-refractivity contribution in [2.75, 3.05) is 5.32 Å². The third kappa shape index (κ3) is 6.97. The zero-order valence-corrected chi connectivity index (χ0v) is 21.6. The highest BCUT2D eigenvalue weighted by molar-refractivity contribution is 6.06. The number of rotatable bonds is 8. The standard InChI is InChI=1S/C30H29F2N3O3/c1-30(2,3)38-27(36)11-7-6-10-25-28(19-12-15-21(31)16-13-19)34-24-17-14-20(18-26(24)33-25)29(37)35-23-9-5-4-8-22(23)32/h4-5,8-9,12-18H,6-7,10-11H2,1-3H3,(H,35,37). The number of carbonyl (C=O) groups excluding carboxylic acids is 2. The van der Waals surface area contributed by atoms with Gasteiger partial charge in [-0.3, -0.25) is 9.59 Å². The van der Waals surface area contributed by atoms with Crippen LogP contribution in [-0.4, -0.2) is 27.4 Å². The molecule has 0 fully saturated rings. The van der Waals surface area contributed by atoms with E-state index in [0.717, 1.165) is 0 Å². The zero-order valence-electron chi connectivity index (χ0n) is 21.6. The number of hydrogen-bond acceptors (Lipinski definition) is 5. The molecule has 6 nitrogen and oxygen atoms in total. The lowest BCUT2D eigenvalue weighted by Crippen LogP contribution is -2.23. The summed E-state index contributed by atoms with van der Waals surface area (Å²) in [6, 6.07) is 16.8.